The lowest BCUT2D eigenvalue weighted by Crippen LogP contribution is -2.27. The SMILES string of the molecule is c1ccc(COc2cccc(CN3CCCNCC3)c2)cc1. The van der Waals surface area contributed by atoms with Gasteiger partial charge < -0.3 is 10.1 Å². The minimum absolute atomic E-state index is 0.623. The lowest BCUT2D eigenvalue weighted by molar-refractivity contribution is 0.281. The highest BCUT2D eigenvalue weighted by molar-refractivity contribution is 5.29. The summed E-state index contributed by atoms with van der Waals surface area (Å²) in [5.74, 6) is 0.953. The molecule has 1 N–H and O–H groups in total. The molecule has 1 fully saturated rings. The van der Waals surface area contributed by atoms with Gasteiger partial charge in [-0.25, -0.2) is 0 Å². The van der Waals surface area contributed by atoms with Crippen LogP contribution in [0.2, 0.25) is 0 Å². The first-order chi connectivity index (χ1) is 10.9. The van der Waals surface area contributed by atoms with E-state index in [1.54, 1.807) is 0 Å². The molecule has 1 heterocycles. The Morgan fingerprint density at radius 3 is 2.68 bits per heavy atom. The molecule has 3 nitrogen and oxygen atoms in total. The number of rotatable bonds is 5. The van der Waals surface area contributed by atoms with Crippen LogP contribution in [-0.4, -0.2) is 31.1 Å². The number of nitrogens with one attached hydrogen (secondary N) is 1. The monoisotopic (exact) mass is 296 g/mol. The topological polar surface area (TPSA) is 24.5 Å². The minimum Gasteiger partial charge on any atom is -0.489 e. The van der Waals surface area contributed by atoms with E-state index in [1.165, 1.54) is 24.1 Å². The van der Waals surface area contributed by atoms with Crippen LogP contribution >= 0.6 is 0 Å². The molecule has 0 bridgehead atoms. The maximum Gasteiger partial charge on any atom is 0.120 e. The van der Waals surface area contributed by atoms with Crippen molar-refractivity contribution < 1.29 is 4.74 Å². The van der Waals surface area contributed by atoms with Crippen LogP contribution in [0.1, 0.15) is 17.5 Å². The van der Waals surface area contributed by atoms with Crippen LogP contribution in [0.5, 0.6) is 5.75 Å². The first kappa shape index (κ1) is 15.1. The van der Waals surface area contributed by atoms with Crippen LogP contribution < -0.4 is 10.1 Å². The molecular weight excluding hydrogens is 272 g/mol. The molecule has 1 aliphatic heterocycles. The van der Waals surface area contributed by atoms with Crippen LogP contribution in [-0.2, 0) is 13.2 Å². The Labute approximate surface area is 132 Å². The zero-order valence-electron chi connectivity index (χ0n) is 13.0. The quantitative estimate of drug-likeness (QED) is 0.918. The van der Waals surface area contributed by atoms with Gasteiger partial charge in [0.15, 0.2) is 0 Å². The summed E-state index contributed by atoms with van der Waals surface area (Å²) in [6.07, 6.45) is 1.23. The van der Waals surface area contributed by atoms with Crippen molar-refractivity contribution >= 4 is 0 Å². The van der Waals surface area contributed by atoms with Gasteiger partial charge in [-0.05, 0) is 42.8 Å². The van der Waals surface area contributed by atoms with Gasteiger partial charge in [-0.15, -0.1) is 0 Å². The van der Waals surface area contributed by atoms with Crippen molar-refractivity contribution in [1.82, 2.24) is 10.2 Å². The molecule has 1 saturated heterocycles. The highest BCUT2D eigenvalue weighted by Gasteiger charge is 2.09. The molecule has 0 aliphatic carbocycles. The zero-order valence-corrected chi connectivity index (χ0v) is 13.0. The molecule has 0 atom stereocenters. The van der Waals surface area contributed by atoms with E-state index in [0.717, 1.165) is 31.9 Å². The summed E-state index contributed by atoms with van der Waals surface area (Å²) >= 11 is 0. The molecular formula is C19H24N2O. The van der Waals surface area contributed by atoms with Crippen molar-refractivity contribution in [3.05, 3.63) is 65.7 Å². The lowest BCUT2D eigenvalue weighted by atomic mass is 10.2. The van der Waals surface area contributed by atoms with Gasteiger partial charge in [-0.3, -0.25) is 4.90 Å². The third kappa shape index (κ3) is 4.58. The first-order valence-corrected chi connectivity index (χ1v) is 8.09. The molecule has 0 amide bonds. The summed E-state index contributed by atoms with van der Waals surface area (Å²) in [5, 5.41) is 3.45. The summed E-state index contributed by atoms with van der Waals surface area (Å²) in [5.41, 5.74) is 2.53. The summed E-state index contributed by atoms with van der Waals surface area (Å²) in [6, 6.07) is 18.8. The molecule has 0 aromatic heterocycles. The van der Waals surface area contributed by atoms with E-state index in [1.807, 2.05) is 24.3 Å². The Hall–Kier alpha value is -1.84. The molecule has 0 radical (unpaired) electrons. The summed E-state index contributed by atoms with van der Waals surface area (Å²) < 4.78 is 5.92. The first-order valence-electron chi connectivity index (χ1n) is 8.09. The molecule has 0 spiro atoms. The number of benzene rings is 2. The van der Waals surface area contributed by atoms with Crippen molar-refractivity contribution in [2.75, 3.05) is 26.2 Å². The van der Waals surface area contributed by atoms with Crippen LogP contribution in [0.25, 0.3) is 0 Å². The second kappa shape index (κ2) is 7.97. The molecule has 0 saturated carbocycles. The third-order valence-electron chi connectivity index (χ3n) is 3.99. The van der Waals surface area contributed by atoms with E-state index in [2.05, 4.69) is 40.5 Å². The maximum absolute atomic E-state index is 5.92. The van der Waals surface area contributed by atoms with E-state index in [9.17, 15) is 0 Å². The average molecular weight is 296 g/mol. The highest BCUT2D eigenvalue weighted by atomic mass is 16.5. The number of hydrogen-bond acceptors (Lipinski definition) is 3. The van der Waals surface area contributed by atoms with Gasteiger partial charge in [-0.2, -0.15) is 0 Å². The standard InChI is InChI=1S/C19H24N2O/c1-2-6-17(7-3-1)16-22-19-9-4-8-18(14-19)15-21-12-5-10-20-11-13-21/h1-4,6-9,14,20H,5,10-13,15-16H2. The van der Waals surface area contributed by atoms with Crippen molar-refractivity contribution in [3.63, 3.8) is 0 Å². The third-order valence-corrected chi connectivity index (χ3v) is 3.99. The largest absolute Gasteiger partial charge is 0.489 e. The van der Waals surface area contributed by atoms with Gasteiger partial charge in [0.1, 0.15) is 12.4 Å². The van der Waals surface area contributed by atoms with E-state index < -0.39 is 0 Å². The predicted octanol–water partition coefficient (Wildman–Crippen LogP) is 3.06. The van der Waals surface area contributed by atoms with Crippen molar-refractivity contribution in [2.24, 2.45) is 0 Å². The number of nitrogens with zero attached hydrogens (tertiary/aromatic N) is 1. The summed E-state index contributed by atoms with van der Waals surface area (Å²) in [6.45, 7) is 6.14. The van der Waals surface area contributed by atoms with Gasteiger partial charge in [0.25, 0.3) is 0 Å². The van der Waals surface area contributed by atoms with E-state index in [-0.39, 0.29) is 0 Å². The zero-order chi connectivity index (χ0) is 15.0. The fourth-order valence-corrected chi connectivity index (χ4v) is 2.79. The summed E-state index contributed by atoms with van der Waals surface area (Å²) in [4.78, 5) is 2.51. The van der Waals surface area contributed by atoms with Crippen molar-refractivity contribution in [3.8, 4) is 5.75 Å². The Morgan fingerprint density at radius 2 is 1.77 bits per heavy atom. The van der Waals surface area contributed by atoms with E-state index in [0.29, 0.717) is 6.61 Å². The number of hydrogen-bond donors (Lipinski definition) is 1. The Morgan fingerprint density at radius 1 is 0.909 bits per heavy atom. The fourth-order valence-electron chi connectivity index (χ4n) is 2.79. The van der Waals surface area contributed by atoms with Crippen molar-refractivity contribution in [2.45, 2.75) is 19.6 Å². The van der Waals surface area contributed by atoms with Crippen LogP contribution in [0.4, 0.5) is 0 Å². The Balaban J connectivity index is 1.57. The van der Waals surface area contributed by atoms with Crippen LogP contribution in [0, 0.1) is 0 Å². The van der Waals surface area contributed by atoms with Gasteiger partial charge in [0.2, 0.25) is 0 Å². The van der Waals surface area contributed by atoms with Gasteiger partial charge in [0.05, 0.1) is 0 Å². The summed E-state index contributed by atoms with van der Waals surface area (Å²) in [7, 11) is 0. The Bertz CT molecular complexity index is 563. The maximum atomic E-state index is 5.92. The number of ether oxygens (including phenoxy) is 1. The van der Waals surface area contributed by atoms with E-state index >= 15 is 0 Å². The average Bonchev–Trinajstić information content (AvgIpc) is 2.83. The lowest BCUT2D eigenvalue weighted by Gasteiger charge is -2.19. The van der Waals surface area contributed by atoms with E-state index in [4.69, 9.17) is 4.74 Å². The predicted molar refractivity (Wildman–Crippen MR) is 90.0 cm³/mol. The van der Waals surface area contributed by atoms with Gasteiger partial charge in [-0.1, -0.05) is 42.5 Å². The molecule has 3 heteroatoms. The van der Waals surface area contributed by atoms with Crippen molar-refractivity contribution in [1.29, 1.82) is 0 Å². The normalized spacial score (nSPS) is 16.2. The molecule has 116 valence electrons. The Kier molecular flexibility index (Phi) is 5.46. The second-order valence-electron chi connectivity index (χ2n) is 5.80. The van der Waals surface area contributed by atoms with Gasteiger partial charge >= 0.3 is 0 Å². The molecule has 2 aromatic rings. The second-order valence-corrected chi connectivity index (χ2v) is 5.80. The smallest absolute Gasteiger partial charge is 0.120 e. The van der Waals surface area contributed by atoms with Crippen LogP contribution in [0.3, 0.4) is 0 Å². The molecule has 3 rings (SSSR count). The molecule has 1 aliphatic rings. The minimum atomic E-state index is 0.623. The fraction of sp³-hybridized carbons (Fsp3) is 0.368. The molecule has 0 unspecified atom stereocenters. The molecule has 2 aromatic carbocycles. The molecule has 22 heavy (non-hydrogen) atoms. The highest BCUT2D eigenvalue weighted by Crippen LogP contribution is 2.17. The van der Waals surface area contributed by atoms with Crippen LogP contribution in [0.15, 0.2) is 54.6 Å². The van der Waals surface area contributed by atoms with Gasteiger partial charge in [0, 0.05) is 19.6 Å².